The molecule has 1 heterocycles. The van der Waals surface area contributed by atoms with Crippen LogP contribution in [0.3, 0.4) is 0 Å². The monoisotopic (exact) mass is 255 g/mol. The number of thioether (sulfide) groups is 1. The van der Waals surface area contributed by atoms with E-state index >= 15 is 0 Å². The normalized spacial score (nSPS) is 10.0. The second-order valence-corrected chi connectivity index (χ2v) is 4.90. The Bertz CT molecular complexity index is 602. The maximum absolute atomic E-state index is 8.97. The van der Waals surface area contributed by atoms with Gasteiger partial charge in [-0.25, -0.2) is 4.98 Å². The number of nitriles is 1. The number of nitrogens with zero attached hydrogens (tertiary/aromatic N) is 2. The summed E-state index contributed by atoms with van der Waals surface area (Å²) in [6.07, 6.45) is 1.64. The number of hydrogen-bond donors (Lipinski definition) is 1. The summed E-state index contributed by atoms with van der Waals surface area (Å²) in [7, 11) is 0. The van der Waals surface area contributed by atoms with Crippen LogP contribution in [0.5, 0.6) is 0 Å². The maximum Gasteiger partial charge on any atom is 0.144 e. The van der Waals surface area contributed by atoms with E-state index in [0.29, 0.717) is 5.69 Å². The summed E-state index contributed by atoms with van der Waals surface area (Å²) in [5.74, 6) is 0.723. The van der Waals surface area contributed by atoms with Crippen LogP contribution in [0.15, 0.2) is 41.4 Å². The van der Waals surface area contributed by atoms with Crippen LogP contribution >= 0.6 is 11.8 Å². The van der Waals surface area contributed by atoms with Crippen molar-refractivity contribution in [2.45, 2.75) is 17.6 Å². The van der Waals surface area contributed by atoms with E-state index in [0.717, 1.165) is 27.5 Å². The number of hydrogen-bond acceptors (Lipinski definition) is 4. The number of benzene rings is 1. The van der Waals surface area contributed by atoms with Crippen LogP contribution < -0.4 is 5.73 Å². The molecule has 0 amide bonds. The van der Waals surface area contributed by atoms with Crippen molar-refractivity contribution in [2.75, 3.05) is 5.73 Å². The third-order valence-electron chi connectivity index (χ3n) is 2.71. The molecular weight excluding hydrogens is 242 g/mol. The lowest BCUT2D eigenvalue weighted by molar-refractivity contribution is 1.19. The number of anilines is 1. The van der Waals surface area contributed by atoms with Crippen molar-refractivity contribution in [3.05, 3.63) is 53.3 Å². The van der Waals surface area contributed by atoms with Gasteiger partial charge in [-0.15, -0.1) is 11.8 Å². The standard InChI is InChI=1S/C14H13N3S/c1-10-12(16)5-2-6-14(10)18-9-11-4-3-7-17-13(11)8-15/h2-7H,9,16H2,1H3. The van der Waals surface area contributed by atoms with E-state index in [9.17, 15) is 0 Å². The summed E-state index contributed by atoms with van der Waals surface area (Å²) in [5.41, 5.74) is 9.20. The van der Waals surface area contributed by atoms with Gasteiger partial charge in [-0.05, 0) is 36.2 Å². The molecule has 0 saturated heterocycles. The summed E-state index contributed by atoms with van der Waals surface area (Å²) in [5, 5.41) is 8.97. The van der Waals surface area contributed by atoms with Gasteiger partial charge < -0.3 is 5.73 Å². The molecule has 0 unspecified atom stereocenters. The summed E-state index contributed by atoms with van der Waals surface area (Å²) in [6, 6.07) is 11.8. The van der Waals surface area contributed by atoms with Gasteiger partial charge in [0.25, 0.3) is 0 Å². The van der Waals surface area contributed by atoms with E-state index in [1.165, 1.54) is 0 Å². The largest absolute Gasteiger partial charge is 0.398 e. The lowest BCUT2D eigenvalue weighted by Crippen LogP contribution is -1.93. The van der Waals surface area contributed by atoms with Crippen molar-refractivity contribution < 1.29 is 0 Å². The first-order valence-electron chi connectivity index (χ1n) is 5.54. The Morgan fingerprint density at radius 1 is 1.33 bits per heavy atom. The Hall–Kier alpha value is -1.99. The van der Waals surface area contributed by atoms with E-state index in [4.69, 9.17) is 11.0 Å². The lowest BCUT2D eigenvalue weighted by Gasteiger charge is -2.08. The fourth-order valence-electron chi connectivity index (χ4n) is 1.60. The van der Waals surface area contributed by atoms with E-state index in [1.54, 1.807) is 18.0 Å². The summed E-state index contributed by atoms with van der Waals surface area (Å²) in [6.45, 7) is 2.01. The molecule has 0 aliphatic rings. The molecule has 0 atom stereocenters. The first kappa shape index (κ1) is 12.5. The average molecular weight is 255 g/mol. The molecule has 0 aliphatic heterocycles. The Balaban J connectivity index is 2.17. The van der Waals surface area contributed by atoms with Crippen LogP contribution in [-0.2, 0) is 5.75 Å². The Morgan fingerprint density at radius 2 is 2.17 bits per heavy atom. The summed E-state index contributed by atoms with van der Waals surface area (Å²) >= 11 is 1.67. The third-order valence-corrected chi connectivity index (χ3v) is 3.91. The van der Waals surface area contributed by atoms with Crippen LogP contribution in [0, 0.1) is 18.3 Å². The van der Waals surface area contributed by atoms with Crippen molar-refractivity contribution in [2.24, 2.45) is 0 Å². The van der Waals surface area contributed by atoms with Crippen LogP contribution in [0.1, 0.15) is 16.8 Å². The Kier molecular flexibility index (Phi) is 3.85. The highest BCUT2D eigenvalue weighted by molar-refractivity contribution is 7.98. The second kappa shape index (κ2) is 5.56. The minimum absolute atomic E-state index is 0.492. The smallest absolute Gasteiger partial charge is 0.144 e. The number of nitrogen functional groups attached to an aromatic ring is 1. The molecular formula is C14H13N3S. The predicted octanol–water partition coefficient (Wildman–Crippen LogP) is 3.14. The third kappa shape index (κ3) is 2.63. The molecule has 0 spiro atoms. The molecule has 2 aromatic rings. The minimum atomic E-state index is 0.492. The van der Waals surface area contributed by atoms with Gasteiger partial charge in [0.1, 0.15) is 11.8 Å². The minimum Gasteiger partial charge on any atom is -0.398 e. The van der Waals surface area contributed by atoms with Crippen LogP contribution in [0.2, 0.25) is 0 Å². The van der Waals surface area contributed by atoms with Crippen molar-refractivity contribution in [1.82, 2.24) is 4.98 Å². The zero-order chi connectivity index (χ0) is 13.0. The van der Waals surface area contributed by atoms with Gasteiger partial charge in [0, 0.05) is 22.5 Å². The fraction of sp³-hybridized carbons (Fsp3) is 0.143. The molecule has 0 fully saturated rings. The van der Waals surface area contributed by atoms with Crippen LogP contribution in [-0.4, -0.2) is 4.98 Å². The molecule has 1 aromatic carbocycles. The van der Waals surface area contributed by atoms with Gasteiger partial charge >= 0.3 is 0 Å². The SMILES string of the molecule is Cc1c(N)cccc1SCc1cccnc1C#N. The topological polar surface area (TPSA) is 62.7 Å². The first-order valence-corrected chi connectivity index (χ1v) is 6.53. The van der Waals surface area contributed by atoms with E-state index in [1.807, 2.05) is 37.3 Å². The predicted molar refractivity (Wildman–Crippen MR) is 74.1 cm³/mol. The number of aromatic nitrogens is 1. The lowest BCUT2D eigenvalue weighted by atomic mass is 10.2. The number of rotatable bonds is 3. The highest BCUT2D eigenvalue weighted by atomic mass is 32.2. The Labute approximate surface area is 111 Å². The highest BCUT2D eigenvalue weighted by Crippen LogP contribution is 2.29. The molecule has 3 nitrogen and oxygen atoms in total. The van der Waals surface area contributed by atoms with Gasteiger partial charge in [-0.2, -0.15) is 5.26 Å². The average Bonchev–Trinajstić information content (AvgIpc) is 2.41. The molecule has 0 saturated carbocycles. The molecule has 0 bridgehead atoms. The van der Waals surface area contributed by atoms with E-state index in [2.05, 4.69) is 11.1 Å². The molecule has 0 radical (unpaired) electrons. The molecule has 0 aliphatic carbocycles. The van der Waals surface area contributed by atoms with Gasteiger partial charge in [-0.3, -0.25) is 0 Å². The van der Waals surface area contributed by atoms with Crippen LogP contribution in [0.4, 0.5) is 5.69 Å². The molecule has 90 valence electrons. The second-order valence-electron chi connectivity index (χ2n) is 3.88. The van der Waals surface area contributed by atoms with Crippen molar-refractivity contribution in [1.29, 1.82) is 5.26 Å². The van der Waals surface area contributed by atoms with Gasteiger partial charge in [0.15, 0.2) is 0 Å². The van der Waals surface area contributed by atoms with Gasteiger partial charge in [-0.1, -0.05) is 12.1 Å². The highest BCUT2D eigenvalue weighted by Gasteiger charge is 2.06. The van der Waals surface area contributed by atoms with Crippen molar-refractivity contribution >= 4 is 17.4 Å². The molecule has 4 heteroatoms. The summed E-state index contributed by atoms with van der Waals surface area (Å²) in [4.78, 5) is 5.19. The van der Waals surface area contributed by atoms with Crippen molar-refractivity contribution in [3.63, 3.8) is 0 Å². The quantitative estimate of drug-likeness (QED) is 0.676. The first-order chi connectivity index (χ1) is 8.72. The zero-order valence-electron chi connectivity index (χ0n) is 10.1. The molecule has 2 N–H and O–H groups in total. The summed E-state index contributed by atoms with van der Waals surface area (Å²) < 4.78 is 0. The van der Waals surface area contributed by atoms with Crippen LogP contribution in [0.25, 0.3) is 0 Å². The molecule has 18 heavy (non-hydrogen) atoms. The zero-order valence-corrected chi connectivity index (χ0v) is 10.9. The van der Waals surface area contributed by atoms with Crippen molar-refractivity contribution in [3.8, 4) is 6.07 Å². The van der Waals surface area contributed by atoms with E-state index in [-0.39, 0.29) is 0 Å². The van der Waals surface area contributed by atoms with Gasteiger partial charge in [0.2, 0.25) is 0 Å². The van der Waals surface area contributed by atoms with E-state index < -0.39 is 0 Å². The number of pyridine rings is 1. The Morgan fingerprint density at radius 3 is 2.94 bits per heavy atom. The molecule has 2 rings (SSSR count). The maximum atomic E-state index is 8.97. The molecule has 1 aromatic heterocycles. The van der Waals surface area contributed by atoms with Gasteiger partial charge in [0.05, 0.1) is 0 Å². The fourth-order valence-corrected chi connectivity index (χ4v) is 2.65. The number of nitrogens with two attached hydrogens (primary N) is 1.